The molecule has 1 aliphatic heterocycles. The molecule has 0 radical (unpaired) electrons. The first-order chi connectivity index (χ1) is 15.9. The average molecular weight is 477 g/mol. The van der Waals surface area contributed by atoms with Crippen molar-refractivity contribution in [2.24, 2.45) is 0 Å². The Hall–Kier alpha value is -3.07. The lowest BCUT2D eigenvalue weighted by Crippen LogP contribution is -2.49. The summed E-state index contributed by atoms with van der Waals surface area (Å²) in [6.45, 7) is 3.89. The van der Waals surface area contributed by atoms with Crippen LogP contribution in [0.2, 0.25) is 0 Å². The van der Waals surface area contributed by atoms with E-state index >= 15 is 0 Å². The van der Waals surface area contributed by atoms with Crippen LogP contribution in [0.1, 0.15) is 50.8 Å². The van der Waals surface area contributed by atoms with Crippen molar-refractivity contribution in [2.75, 3.05) is 6.61 Å². The predicted molar refractivity (Wildman–Crippen MR) is 115 cm³/mol. The summed E-state index contributed by atoms with van der Waals surface area (Å²) in [4.78, 5) is 11.5. The molecule has 34 heavy (non-hydrogen) atoms. The van der Waals surface area contributed by atoms with Crippen molar-refractivity contribution >= 4 is 16.9 Å². The molecule has 1 fully saturated rings. The van der Waals surface area contributed by atoms with Gasteiger partial charge < -0.3 is 19.5 Å². The highest BCUT2D eigenvalue weighted by Gasteiger charge is 2.55. The molecule has 0 bridgehead atoms. The van der Waals surface area contributed by atoms with Gasteiger partial charge in [-0.3, -0.25) is 0 Å². The maximum absolute atomic E-state index is 14.9. The summed E-state index contributed by atoms with van der Waals surface area (Å²) in [5, 5.41) is 20.4. The molecule has 9 heteroatoms. The molecule has 5 rings (SSSR count). The molecule has 3 aromatic rings. The number of aliphatic carboxylic acids is 1. The number of phenols is 1. The molecule has 0 atom stereocenters. The van der Waals surface area contributed by atoms with Gasteiger partial charge in [-0.1, -0.05) is 13.8 Å². The Kier molecular flexibility index (Phi) is 4.82. The Morgan fingerprint density at radius 3 is 2.32 bits per heavy atom. The fraction of sp³-hybridized carbons (Fsp3) is 0.400. The normalized spacial score (nSPS) is 26.1. The van der Waals surface area contributed by atoms with E-state index < -0.39 is 40.1 Å². The number of hydrogen-bond donors (Lipinski definition) is 2. The first-order valence-electron chi connectivity index (χ1n) is 11.0. The Morgan fingerprint density at radius 2 is 1.71 bits per heavy atom. The SMILES string of the molecule is CC1(C)CO[C@]2(CC[C@@](F)(C(=O)O)CC2)c2c1n(-c1ccc(F)c(F)c1)c1cc(F)cc(O)c12. The van der Waals surface area contributed by atoms with Gasteiger partial charge in [0.1, 0.15) is 11.6 Å². The van der Waals surface area contributed by atoms with E-state index in [2.05, 4.69) is 0 Å². The maximum atomic E-state index is 14.9. The molecular formula is C25H23F4NO4. The molecule has 0 saturated heterocycles. The van der Waals surface area contributed by atoms with Crippen LogP contribution in [0.25, 0.3) is 16.6 Å². The van der Waals surface area contributed by atoms with Gasteiger partial charge in [-0.15, -0.1) is 0 Å². The molecular weight excluding hydrogens is 454 g/mol. The minimum absolute atomic E-state index is 0.0204. The standard InChI is InChI=1S/C25H23F4NO4/c1-23(2)12-34-25(7-5-24(29,6-8-25)22(32)33)20-19-17(9-13(26)10-18(19)31)30(21(20)23)14-3-4-15(27)16(28)11-14/h3-4,9-11,31H,5-8,12H2,1-2H3,(H,32,33)/t24-,25-. The largest absolute Gasteiger partial charge is 0.507 e. The number of halogens is 4. The molecule has 2 aliphatic rings. The number of alkyl halides is 1. The van der Waals surface area contributed by atoms with Crippen LogP contribution in [0.5, 0.6) is 5.75 Å². The van der Waals surface area contributed by atoms with Crippen LogP contribution < -0.4 is 0 Å². The van der Waals surface area contributed by atoms with Gasteiger partial charge in [0.2, 0.25) is 5.67 Å². The van der Waals surface area contributed by atoms with E-state index in [1.165, 1.54) is 12.1 Å². The van der Waals surface area contributed by atoms with Gasteiger partial charge in [-0.05, 0) is 43.9 Å². The summed E-state index contributed by atoms with van der Waals surface area (Å²) < 4.78 is 65.2. The number of aromatic hydroxyl groups is 1. The molecule has 1 aliphatic carbocycles. The summed E-state index contributed by atoms with van der Waals surface area (Å²) in [6, 6.07) is 5.46. The van der Waals surface area contributed by atoms with E-state index in [0.29, 0.717) is 11.3 Å². The van der Waals surface area contributed by atoms with E-state index in [0.717, 1.165) is 18.2 Å². The van der Waals surface area contributed by atoms with Crippen LogP contribution >= 0.6 is 0 Å². The number of fused-ring (bicyclic) bond motifs is 4. The van der Waals surface area contributed by atoms with Gasteiger partial charge in [-0.25, -0.2) is 22.4 Å². The van der Waals surface area contributed by atoms with Crippen molar-refractivity contribution in [3.05, 3.63) is 59.0 Å². The summed E-state index contributed by atoms with van der Waals surface area (Å²) in [6.07, 6.45) is -0.566. The van der Waals surface area contributed by atoms with Crippen LogP contribution in [-0.4, -0.2) is 33.0 Å². The van der Waals surface area contributed by atoms with Crippen molar-refractivity contribution in [3.8, 4) is 11.4 Å². The van der Waals surface area contributed by atoms with Crippen LogP contribution in [0.15, 0.2) is 30.3 Å². The first kappa shape index (κ1) is 22.7. The van der Waals surface area contributed by atoms with Gasteiger partial charge in [0.25, 0.3) is 0 Å². The number of ether oxygens (including phenoxy) is 1. The zero-order valence-corrected chi connectivity index (χ0v) is 18.6. The monoisotopic (exact) mass is 477 g/mol. The second kappa shape index (κ2) is 7.21. The molecule has 0 unspecified atom stereocenters. The molecule has 1 saturated carbocycles. The zero-order chi connectivity index (χ0) is 24.6. The molecule has 1 spiro atoms. The Bertz CT molecular complexity index is 1340. The molecule has 2 aromatic carbocycles. The summed E-state index contributed by atoms with van der Waals surface area (Å²) in [5.74, 6) is -4.76. The highest BCUT2D eigenvalue weighted by molar-refractivity contribution is 5.94. The van der Waals surface area contributed by atoms with Crippen molar-refractivity contribution in [1.82, 2.24) is 4.57 Å². The number of carboxylic acids is 1. The van der Waals surface area contributed by atoms with Gasteiger partial charge in [0, 0.05) is 39.9 Å². The highest BCUT2D eigenvalue weighted by atomic mass is 19.2. The third-order valence-electron chi connectivity index (χ3n) is 7.21. The highest BCUT2D eigenvalue weighted by Crippen LogP contribution is 2.56. The Labute approximate surface area is 192 Å². The van der Waals surface area contributed by atoms with E-state index in [9.17, 15) is 32.6 Å². The fourth-order valence-electron chi connectivity index (χ4n) is 5.46. The molecule has 180 valence electrons. The minimum atomic E-state index is -2.39. The van der Waals surface area contributed by atoms with Crippen LogP contribution in [0, 0.1) is 17.5 Å². The zero-order valence-electron chi connectivity index (χ0n) is 18.6. The average Bonchev–Trinajstić information content (AvgIpc) is 3.12. The van der Waals surface area contributed by atoms with E-state index in [4.69, 9.17) is 4.74 Å². The topological polar surface area (TPSA) is 71.7 Å². The summed E-state index contributed by atoms with van der Waals surface area (Å²) in [7, 11) is 0. The number of benzene rings is 2. The van der Waals surface area contributed by atoms with Crippen LogP contribution in [-0.2, 0) is 20.5 Å². The minimum Gasteiger partial charge on any atom is -0.507 e. The molecule has 5 nitrogen and oxygen atoms in total. The number of nitrogens with zero attached hydrogens (tertiary/aromatic N) is 1. The van der Waals surface area contributed by atoms with E-state index in [1.807, 2.05) is 13.8 Å². The number of hydrogen-bond acceptors (Lipinski definition) is 3. The number of rotatable bonds is 2. The van der Waals surface area contributed by atoms with Gasteiger partial charge in [0.15, 0.2) is 11.6 Å². The number of phenolic OH excluding ortho intramolecular Hbond substituents is 1. The lowest BCUT2D eigenvalue weighted by Gasteiger charge is -2.48. The third-order valence-corrected chi connectivity index (χ3v) is 7.21. The summed E-state index contributed by atoms with van der Waals surface area (Å²) in [5.41, 5.74) is -2.72. The van der Waals surface area contributed by atoms with E-state index in [1.54, 1.807) is 4.57 Å². The quantitative estimate of drug-likeness (QED) is 0.470. The van der Waals surface area contributed by atoms with Gasteiger partial charge in [-0.2, -0.15) is 0 Å². The molecule has 2 heterocycles. The smallest absolute Gasteiger partial charge is 0.341 e. The van der Waals surface area contributed by atoms with Crippen LogP contribution in [0.3, 0.4) is 0 Å². The molecule has 0 amide bonds. The summed E-state index contributed by atoms with van der Waals surface area (Å²) >= 11 is 0. The first-order valence-corrected chi connectivity index (χ1v) is 11.0. The van der Waals surface area contributed by atoms with Gasteiger partial charge >= 0.3 is 5.97 Å². The lowest BCUT2D eigenvalue weighted by atomic mass is 9.68. The lowest BCUT2D eigenvalue weighted by molar-refractivity contribution is -0.165. The second-order valence-corrected chi connectivity index (χ2v) is 9.91. The van der Waals surface area contributed by atoms with E-state index in [-0.39, 0.29) is 54.6 Å². The number of carbonyl (C=O) groups is 1. The van der Waals surface area contributed by atoms with Crippen molar-refractivity contribution in [1.29, 1.82) is 0 Å². The number of aromatic nitrogens is 1. The molecule has 1 aromatic heterocycles. The Balaban J connectivity index is 1.84. The maximum Gasteiger partial charge on any atom is 0.341 e. The van der Waals surface area contributed by atoms with Crippen molar-refractivity contribution in [2.45, 2.75) is 56.2 Å². The Morgan fingerprint density at radius 1 is 1.03 bits per heavy atom. The third kappa shape index (κ3) is 3.13. The van der Waals surface area contributed by atoms with Crippen molar-refractivity contribution in [3.63, 3.8) is 0 Å². The van der Waals surface area contributed by atoms with Gasteiger partial charge in [0.05, 0.1) is 17.7 Å². The number of carboxylic acid groups (broad SMARTS) is 1. The fourth-order valence-corrected chi connectivity index (χ4v) is 5.46. The second-order valence-electron chi connectivity index (χ2n) is 9.91. The van der Waals surface area contributed by atoms with Crippen LogP contribution in [0.4, 0.5) is 17.6 Å². The van der Waals surface area contributed by atoms with Crippen molar-refractivity contribution < 1.29 is 37.3 Å². The predicted octanol–water partition coefficient (Wildman–Crippen LogP) is 5.62. The molecule has 2 N–H and O–H groups in total.